The van der Waals surface area contributed by atoms with Crippen molar-refractivity contribution in [3.63, 3.8) is 0 Å². The monoisotopic (exact) mass is 396 g/mol. The molecule has 8 heteroatoms. The molecule has 0 spiro atoms. The molecule has 5 nitrogen and oxygen atoms in total. The smallest absolute Gasteiger partial charge is 0.247 e. The van der Waals surface area contributed by atoms with E-state index in [9.17, 15) is 22.0 Å². The van der Waals surface area contributed by atoms with Crippen molar-refractivity contribution in [3.05, 3.63) is 59.7 Å². The van der Waals surface area contributed by atoms with E-state index in [1.165, 1.54) is 6.92 Å². The van der Waals surface area contributed by atoms with Crippen molar-refractivity contribution < 1.29 is 22.0 Å². The summed E-state index contributed by atoms with van der Waals surface area (Å²) in [7, 11) is -3.92. The minimum atomic E-state index is -3.92. The maximum Gasteiger partial charge on any atom is 0.247 e. The summed E-state index contributed by atoms with van der Waals surface area (Å²) < 4.78 is 51.8. The molecule has 0 fully saturated rings. The van der Waals surface area contributed by atoms with E-state index >= 15 is 0 Å². The van der Waals surface area contributed by atoms with Gasteiger partial charge in [0.25, 0.3) is 0 Å². The number of halogens is 2. The zero-order valence-corrected chi connectivity index (χ0v) is 16.3. The van der Waals surface area contributed by atoms with Gasteiger partial charge in [-0.05, 0) is 42.7 Å². The molecular formula is C19H22F2N2O3S. The first-order valence-electron chi connectivity index (χ1n) is 8.36. The van der Waals surface area contributed by atoms with Crippen LogP contribution in [0.3, 0.4) is 0 Å². The highest BCUT2D eigenvalue weighted by atomic mass is 32.2. The Morgan fingerprint density at radius 1 is 1.00 bits per heavy atom. The van der Waals surface area contributed by atoms with Crippen LogP contribution in [-0.2, 0) is 14.8 Å². The molecule has 2 aromatic rings. The zero-order chi connectivity index (χ0) is 20.4. The van der Waals surface area contributed by atoms with E-state index in [1.54, 1.807) is 12.1 Å². The number of nitrogens with one attached hydrogen (secondary N) is 1. The number of hydrogen-bond acceptors (Lipinski definition) is 3. The minimum Gasteiger partial charge on any atom is -0.324 e. The lowest BCUT2D eigenvalue weighted by Crippen LogP contribution is -2.45. The number of amides is 1. The number of rotatable bonds is 6. The van der Waals surface area contributed by atoms with Gasteiger partial charge in [0.15, 0.2) is 11.6 Å². The van der Waals surface area contributed by atoms with Crippen molar-refractivity contribution in [2.24, 2.45) is 0 Å². The second kappa shape index (κ2) is 8.04. The second-order valence-corrected chi connectivity index (χ2v) is 8.46. The third-order valence-electron chi connectivity index (χ3n) is 4.09. The van der Waals surface area contributed by atoms with Gasteiger partial charge < -0.3 is 5.32 Å². The van der Waals surface area contributed by atoms with Gasteiger partial charge in [0, 0.05) is 11.8 Å². The lowest BCUT2D eigenvalue weighted by atomic mass is 10.0. The average molecular weight is 396 g/mol. The summed E-state index contributed by atoms with van der Waals surface area (Å²) in [5.74, 6) is -2.56. The van der Waals surface area contributed by atoms with E-state index in [-0.39, 0.29) is 5.69 Å². The standard InChI is InChI=1S/C19H22F2N2O3S/c1-12(2)14-5-7-15(8-6-14)22-19(24)13(3)23(27(4,25)26)16-9-10-17(20)18(21)11-16/h5-13H,1-4H3,(H,22,24). The van der Waals surface area contributed by atoms with Crippen LogP contribution in [-0.4, -0.2) is 26.6 Å². The highest BCUT2D eigenvalue weighted by Gasteiger charge is 2.29. The number of anilines is 2. The first-order valence-corrected chi connectivity index (χ1v) is 10.2. The lowest BCUT2D eigenvalue weighted by molar-refractivity contribution is -0.116. The van der Waals surface area contributed by atoms with Gasteiger partial charge in [-0.1, -0.05) is 26.0 Å². The molecule has 0 aliphatic carbocycles. The summed E-state index contributed by atoms with van der Waals surface area (Å²) in [6.07, 6.45) is 0.898. The fraction of sp³-hybridized carbons (Fsp3) is 0.316. The lowest BCUT2D eigenvalue weighted by Gasteiger charge is -2.28. The van der Waals surface area contributed by atoms with Gasteiger partial charge >= 0.3 is 0 Å². The summed E-state index contributed by atoms with van der Waals surface area (Å²) >= 11 is 0. The SMILES string of the molecule is CC(C)c1ccc(NC(=O)C(C)N(c2ccc(F)c(F)c2)S(C)(=O)=O)cc1. The maximum absolute atomic E-state index is 13.5. The van der Waals surface area contributed by atoms with E-state index in [4.69, 9.17) is 0 Å². The highest BCUT2D eigenvalue weighted by Crippen LogP contribution is 2.24. The largest absolute Gasteiger partial charge is 0.324 e. The Hall–Kier alpha value is -2.48. The quantitative estimate of drug-likeness (QED) is 0.806. The van der Waals surface area contributed by atoms with Crippen LogP contribution < -0.4 is 9.62 Å². The molecule has 0 aliphatic rings. The molecule has 0 aliphatic heterocycles. The first-order chi connectivity index (χ1) is 12.5. The first kappa shape index (κ1) is 20.8. The Morgan fingerprint density at radius 2 is 1.59 bits per heavy atom. The van der Waals surface area contributed by atoms with Gasteiger partial charge in [-0.15, -0.1) is 0 Å². The number of sulfonamides is 1. The maximum atomic E-state index is 13.5. The average Bonchev–Trinajstić information content (AvgIpc) is 2.57. The Labute approximate surface area is 158 Å². The Balaban J connectivity index is 2.28. The molecular weight excluding hydrogens is 374 g/mol. The third kappa shape index (κ3) is 5.03. The molecule has 0 saturated heterocycles. The van der Waals surface area contributed by atoms with Crippen molar-refractivity contribution >= 4 is 27.3 Å². The van der Waals surface area contributed by atoms with Crippen LogP contribution in [0.1, 0.15) is 32.3 Å². The molecule has 0 radical (unpaired) electrons. The summed E-state index contributed by atoms with van der Waals surface area (Å²) in [5.41, 5.74) is 1.48. The number of carbonyl (C=O) groups is 1. The van der Waals surface area contributed by atoms with E-state index in [0.29, 0.717) is 11.6 Å². The number of nitrogens with zero attached hydrogens (tertiary/aromatic N) is 1. The van der Waals surface area contributed by atoms with Crippen LogP contribution in [0, 0.1) is 11.6 Å². The Bertz CT molecular complexity index is 928. The van der Waals surface area contributed by atoms with Gasteiger partial charge in [0.2, 0.25) is 15.9 Å². The summed E-state index contributed by atoms with van der Waals surface area (Å²) in [4.78, 5) is 12.6. The fourth-order valence-electron chi connectivity index (χ4n) is 2.63. The van der Waals surface area contributed by atoms with E-state index < -0.39 is 33.6 Å². The van der Waals surface area contributed by atoms with Crippen molar-refractivity contribution in [3.8, 4) is 0 Å². The fourth-order valence-corrected chi connectivity index (χ4v) is 3.80. The zero-order valence-electron chi connectivity index (χ0n) is 15.5. The van der Waals surface area contributed by atoms with E-state index in [2.05, 4.69) is 5.32 Å². The molecule has 27 heavy (non-hydrogen) atoms. The second-order valence-electron chi connectivity index (χ2n) is 6.60. The molecule has 2 rings (SSSR count). The molecule has 0 aromatic heterocycles. The third-order valence-corrected chi connectivity index (χ3v) is 5.33. The molecule has 0 bridgehead atoms. The van der Waals surface area contributed by atoms with Crippen LogP contribution in [0.2, 0.25) is 0 Å². The van der Waals surface area contributed by atoms with Crippen molar-refractivity contribution in [2.75, 3.05) is 15.9 Å². The van der Waals surface area contributed by atoms with Crippen LogP contribution in [0.15, 0.2) is 42.5 Å². The highest BCUT2D eigenvalue weighted by molar-refractivity contribution is 7.92. The minimum absolute atomic E-state index is 0.130. The van der Waals surface area contributed by atoms with Gasteiger partial charge in [-0.2, -0.15) is 0 Å². The van der Waals surface area contributed by atoms with Crippen LogP contribution in [0.4, 0.5) is 20.2 Å². The predicted molar refractivity (Wildman–Crippen MR) is 102 cm³/mol. The normalized spacial score (nSPS) is 12.7. The summed E-state index contributed by atoms with van der Waals surface area (Å²) in [5, 5.41) is 2.64. The molecule has 146 valence electrons. The van der Waals surface area contributed by atoms with Crippen molar-refractivity contribution in [1.82, 2.24) is 0 Å². The van der Waals surface area contributed by atoms with Gasteiger partial charge in [0.05, 0.1) is 11.9 Å². The van der Waals surface area contributed by atoms with Crippen molar-refractivity contribution in [2.45, 2.75) is 32.7 Å². The van der Waals surface area contributed by atoms with E-state index in [0.717, 1.165) is 34.3 Å². The topological polar surface area (TPSA) is 66.5 Å². The molecule has 1 amide bonds. The van der Waals surface area contributed by atoms with Gasteiger partial charge in [-0.25, -0.2) is 17.2 Å². The molecule has 2 aromatic carbocycles. The number of carbonyl (C=O) groups excluding carboxylic acids is 1. The molecule has 1 N–H and O–H groups in total. The van der Waals surface area contributed by atoms with Crippen LogP contribution in [0.5, 0.6) is 0 Å². The predicted octanol–water partition coefficient (Wildman–Crippen LogP) is 3.88. The molecule has 0 heterocycles. The molecule has 0 saturated carbocycles. The Morgan fingerprint density at radius 3 is 2.07 bits per heavy atom. The number of hydrogen-bond donors (Lipinski definition) is 1. The molecule has 1 unspecified atom stereocenters. The Kier molecular flexibility index (Phi) is 6.20. The molecule has 1 atom stereocenters. The van der Waals surface area contributed by atoms with Crippen LogP contribution >= 0.6 is 0 Å². The van der Waals surface area contributed by atoms with Gasteiger partial charge in [0.1, 0.15) is 6.04 Å². The van der Waals surface area contributed by atoms with Gasteiger partial charge in [-0.3, -0.25) is 9.10 Å². The summed E-state index contributed by atoms with van der Waals surface area (Å²) in [6.45, 7) is 5.46. The summed E-state index contributed by atoms with van der Waals surface area (Å²) in [6, 6.07) is 8.69. The van der Waals surface area contributed by atoms with E-state index in [1.807, 2.05) is 26.0 Å². The van der Waals surface area contributed by atoms with Crippen LogP contribution in [0.25, 0.3) is 0 Å². The van der Waals surface area contributed by atoms with Crippen molar-refractivity contribution in [1.29, 1.82) is 0 Å². The number of benzene rings is 2.